The van der Waals surface area contributed by atoms with Crippen molar-refractivity contribution in [3.05, 3.63) is 118 Å². The van der Waals surface area contributed by atoms with Gasteiger partial charge < -0.3 is 25.6 Å². The molecule has 0 bridgehead atoms. The first-order valence-electron chi connectivity index (χ1n) is 11.8. The fourth-order valence-corrected chi connectivity index (χ4v) is 3.90. The van der Waals surface area contributed by atoms with Gasteiger partial charge in [-0.1, -0.05) is 24.3 Å². The molecule has 0 aliphatic heterocycles. The summed E-state index contributed by atoms with van der Waals surface area (Å²) in [7, 11) is 0. The monoisotopic (exact) mass is 524 g/mol. The number of carbonyl (C=O) groups excluding carboxylic acids is 2. The minimum atomic E-state index is -1.34. The minimum Gasteiger partial charge on any atom is -0.478 e. The Morgan fingerprint density at radius 1 is 0.564 bits per heavy atom. The Balaban J connectivity index is 1.57. The lowest BCUT2D eigenvalue weighted by Crippen LogP contribution is -2.17. The maximum absolute atomic E-state index is 12.8. The van der Waals surface area contributed by atoms with E-state index >= 15 is 0 Å². The summed E-state index contributed by atoms with van der Waals surface area (Å²) in [4.78, 5) is 49.4. The van der Waals surface area contributed by atoms with Crippen LogP contribution in [0.1, 0.15) is 52.6 Å². The lowest BCUT2D eigenvalue weighted by Gasteiger charge is -2.13. The molecule has 0 radical (unpaired) electrons. The number of aromatic carboxylic acids is 2. The van der Waals surface area contributed by atoms with E-state index in [1.165, 1.54) is 36.4 Å². The number of aryl methyl sites for hydroxylation is 2. The van der Waals surface area contributed by atoms with E-state index in [1.54, 1.807) is 36.4 Å². The van der Waals surface area contributed by atoms with Crippen LogP contribution in [0.5, 0.6) is 11.5 Å². The zero-order valence-electron chi connectivity index (χ0n) is 21.0. The van der Waals surface area contributed by atoms with Crippen LogP contribution in [-0.2, 0) is 0 Å². The molecule has 0 spiro atoms. The van der Waals surface area contributed by atoms with Gasteiger partial charge in [0, 0.05) is 11.4 Å². The molecule has 0 saturated carbocycles. The number of ether oxygens (including phenoxy) is 1. The van der Waals surface area contributed by atoms with Gasteiger partial charge in [-0.15, -0.1) is 0 Å². The lowest BCUT2D eigenvalue weighted by molar-refractivity contribution is 0.0683. The molecule has 0 fully saturated rings. The largest absolute Gasteiger partial charge is 0.478 e. The Morgan fingerprint density at radius 2 is 0.974 bits per heavy atom. The molecule has 4 aromatic rings. The molecule has 0 unspecified atom stereocenters. The predicted octanol–water partition coefficient (Wildman–Crippen LogP) is 6.00. The van der Waals surface area contributed by atoms with Crippen LogP contribution < -0.4 is 15.4 Å². The van der Waals surface area contributed by atoms with Gasteiger partial charge in [-0.3, -0.25) is 9.59 Å². The number of carboxylic acid groups (broad SMARTS) is 2. The van der Waals surface area contributed by atoms with Gasteiger partial charge in [-0.2, -0.15) is 0 Å². The molecule has 0 aromatic heterocycles. The van der Waals surface area contributed by atoms with Gasteiger partial charge in [-0.25, -0.2) is 9.59 Å². The van der Waals surface area contributed by atoms with Gasteiger partial charge in [0.1, 0.15) is 11.5 Å². The number of benzene rings is 4. The van der Waals surface area contributed by atoms with Crippen LogP contribution in [0.2, 0.25) is 0 Å². The van der Waals surface area contributed by atoms with Crippen LogP contribution in [0.15, 0.2) is 84.9 Å². The number of hydrogen-bond acceptors (Lipinski definition) is 5. The number of carboxylic acids is 2. The normalized spacial score (nSPS) is 10.4. The molecular formula is C30H24N2O7. The summed E-state index contributed by atoms with van der Waals surface area (Å²) >= 11 is 0. The molecule has 0 atom stereocenters. The number of rotatable bonds is 8. The molecule has 196 valence electrons. The number of anilines is 2. The van der Waals surface area contributed by atoms with Crippen molar-refractivity contribution >= 4 is 35.1 Å². The van der Waals surface area contributed by atoms with Crippen LogP contribution in [0.4, 0.5) is 11.4 Å². The lowest BCUT2D eigenvalue weighted by atomic mass is 10.1. The highest BCUT2D eigenvalue weighted by molar-refractivity contribution is 6.11. The Bertz CT molecular complexity index is 1490. The Labute approximate surface area is 223 Å². The number of hydrogen-bond donors (Lipinski definition) is 4. The number of amides is 2. The van der Waals surface area contributed by atoms with Crippen LogP contribution in [-0.4, -0.2) is 34.0 Å². The van der Waals surface area contributed by atoms with E-state index in [4.69, 9.17) is 4.74 Å². The van der Waals surface area contributed by atoms with Gasteiger partial charge >= 0.3 is 11.9 Å². The van der Waals surface area contributed by atoms with E-state index in [0.29, 0.717) is 11.4 Å². The van der Waals surface area contributed by atoms with Crippen LogP contribution in [0, 0.1) is 13.8 Å². The Morgan fingerprint density at radius 3 is 1.33 bits per heavy atom. The second-order valence-electron chi connectivity index (χ2n) is 8.77. The fraction of sp³-hybridized carbons (Fsp3) is 0.0667. The third-order valence-electron chi connectivity index (χ3n) is 5.72. The zero-order valence-corrected chi connectivity index (χ0v) is 21.0. The summed E-state index contributed by atoms with van der Waals surface area (Å²) in [6.07, 6.45) is 0. The summed E-state index contributed by atoms with van der Waals surface area (Å²) in [6.45, 7) is 3.73. The van der Waals surface area contributed by atoms with Gasteiger partial charge in [0.2, 0.25) is 0 Å². The Kier molecular flexibility index (Phi) is 7.72. The molecule has 0 aliphatic carbocycles. The fourth-order valence-electron chi connectivity index (χ4n) is 3.90. The molecule has 0 aliphatic rings. The van der Waals surface area contributed by atoms with Crippen LogP contribution in [0.25, 0.3) is 0 Å². The molecule has 9 heteroatoms. The minimum absolute atomic E-state index is 0.0628. The van der Waals surface area contributed by atoms with E-state index < -0.39 is 23.8 Å². The van der Waals surface area contributed by atoms with Crippen molar-refractivity contribution in [2.75, 3.05) is 10.6 Å². The molecule has 4 rings (SSSR count). The maximum atomic E-state index is 12.8. The van der Waals surface area contributed by atoms with Crippen molar-refractivity contribution in [3.63, 3.8) is 0 Å². The van der Waals surface area contributed by atoms with Gasteiger partial charge in [-0.05, 0) is 85.6 Å². The topological polar surface area (TPSA) is 142 Å². The molecule has 4 aromatic carbocycles. The van der Waals surface area contributed by atoms with E-state index in [9.17, 15) is 29.4 Å². The summed E-state index contributed by atoms with van der Waals surface area (Å²) in [5.41, 5.74) is 2.13. The van der Waals surface area contributed by atoms with Crippen molar-refractivity contribution in [1.29, 1.82) is 0 Å². The van der Waals surface area contributed by atoms with E-state index in [1.807, 2.05) is 26.0 Å². The Hall–Kier alpha value is -5.44. The highest BCUT2D eigenvalue weighted by atomic mass is 16.5. The van der Waals surface area contributed by atoms with E-state index in [0.717, 1.165) is 11.1 Å². The first-order valence-corrected chi connectivity index (χ1v) is 11.8. The third kappa shape index (κ3) is 6.47. The molecule has 39 heavy (non-hydrogen) atoms. The number of nitrogens with one attached hydrogen (secondary N) is 2. The predicted molar refractivity (Wildman–Crippen MR) is 145 cm³/mol. The van der Waals surface area contributed by atoms with Gasteiger partial charge in [0.15, 0.2) is 0 Å². The van der Waals surface area contributed by atoms with Crippen molar-refractivity contribution in [2.45, 2.75) is 13.8 Å². The zero-order chi connectivity index (χ0) is 28.1. The summed E-state index contributed by atoms with van der Waals surface area (Å²) in [5, 5.41) is 24.8. The molecule has 4 N–H and O–H groups in total. The molecule has 0 saturated heterocycles. The summed E-state index contributed by atoms with van der Waals surface area (Å²) in [6, 6.07) is 21.9. The first kappa shape index (κ1) is 26.6. The van der Waals surface area contributed by atoms with Crippen molar-refractivity contribution in [2.24, 2.45) is 0 Å². The standard InChI is InChI=1S/C30H24N2O7/c1-17-5-3-7-19(13-17)31-27(33)23-11-9-21(15-25(23)29(35)36)39-22-10-12-24(26(16-22)30(37)38)28(34)32-20-8-4-6-18(2)14-20/h3-16H,1-2H3,(H,31,33)(H,32,34)(H,35,36)(H,37,38). The molecule has 9 nitrogen and oxygen atoms in total. The molecule has 0 heterocycles. The van der Waals surface area contributed by atoms with E-state index in [2.05, 4.69) is 10.6 Å². The van der Waals surface area contributed by atoms with E-state index in [-0.39, 0.29) is 33.8 Å². The summed E-state index contributed by atoms with van der Waals surface area (Å²) < 4.78 is 5.71. The SMILES string of the molecule is Cc1cccc(NC(=O)c2ccc(Oc3ccc(C(=O)Nc4cccc(C)c4)c(C(=O)O)c3)cc2C(=O)O)c1. The highest BCUT2D eigenvalue weighted by Gasteiger charge is 2.21. The second-order valence-corrected chi connectivity index (χ2v) is 8.77. The first-order chi connectivity index (χ1) is 18.6. The van der Waals surface area contributed by atoms with Gasteiger partial charge in [0.25, 0.3) is 11.8 Å². The number of carbonyl (C=O) groups is 4. The van der Waals surface area contributed by atoms with Gasteiger partial charge in [0.05, 0.1) is 22.3 Å². The van der Waals surface area contributed by atoms with Crippen molar-refractivity contribution in [1.82, 2.24) is 0 Å². The van der Waals surface area contributed by atoms with Crippen LogP contribution in [0.3, 0.4) is 0 Å². The van der Waals surface area contributed by atoms with Crippen molar-refractivity contribution < 1.29 is 34.1 Å². The maximum Gasteiger partial charge on any atom is 0.336 e. The smallest absolute Gasteiger partial charge is 0.336 e. The van der Waals surface area contributed by atoms with Crippen LogP contribution >= 0.6 is 0 Å². The third-order valence-corrected chi connectivity index (χ3v) is 5.72. The average molecular weight is 525 g/mol. The van der Waals surface area contributed by atoms with Crippen molar-refractivity contribution in [3.8, 4) is 11.5 Å². The highest BCUT2D eigenvalue weighted by Crippen LogP contribution is 2.28. The quantitative estimate of drug-likeness (QED) is 0.222. The molecule has 2 amide bonds. The summed E-state index contributed by atoms with van der Waals surface area (Å²) in [5.74, 6) is -3.78. The average Bonchev–Trinajstić information content (AvgIpc) is 2.88. The second kappa shape index (κ2) is 11.3. The molecular weight excluding hydrogens is 500 g/mol.